The van der Waals surface area contributed by atoms with Gasteiger partial charge in [-0.15, -0.1) is 0 Å². The number of benzene rings is 2. The first-order valence-corrected chi connectivity index (χ1v) is 11.7. The van der Waals surface area contributed by atoms with Crippen LogP contribution in [0.2, 0.25) is 0 Å². The predicted molar refractivity (Wildman–Crippen MR) is 128 cm³/mol. The van der Waals surface area contributed by atoms with E-state index in [2.05, 4.69) is 43.1 Å². The Labute approximate surface area is 186 Å². The van der Waals surface area contributed by atoms with Crippen molar-refractivity contribution in [1.29, 1.82) is 0 Å². The number of amides is 1. The number of hydrogen-bond donors (Lipinski definition) is 1. The highest BCUT2D eigenvalue weighted by atomic mass is 16.5. The summed E-state index contributed by atoms with van der Waals surface area (Å²) in [4.78, 5) is 14.9. The molecule has 2 aliphatic rings. The third-order valence-electron chi connectivity index (χ3n) is 6.59. The van der Waals surface area contributed by atoms with Gasteiger partial charge in [-0.3, -0.25) is 4.79 Å². The summed E-state index contributed by atoms with van der Waals surface area (Å²) in [5.74, 6) is 1.34. The molecule has 2 aromatic rings. The maximum Gasteiger partial charge on any atom is 0.253 e. The van der Waals surface area contributed by atoms with Crippen LogP contribution in [0.3, 0.4) is 0 Å². The number of nitrogens with one attached hydrogen (secondary N) is 1. The smallest absolute Gasteiger partial charge is 0.253 e. The molecule has 2 aromatic carbocycles. The van der Waals surface area contributed by atoms with Crippen molar-refractivity contribution in [2.24, 2.45) is 5.92 Å². The van der Waals surface area contributed by atoms with Gasteiger partial charge in [0.25, 0.3) is 5.91 Å². The minimum Gasteiger partial charge on any atom is -0.494 e. The van der Waals surface area contributed by atoms with Gasteiger partial charge in [0, 0.05) is 35.8 Å². The van der Waals surface area contributed by atoms with Crippen LogP contribution in [0.1, 0.15) is 73.5 Å². The highest BCUT2D eigenvalue weighted by Crippen LogP contribution is 2.46. The van der Waals surface area contributed by atoms with E-state index in [-0.39, 0.29) is 11.9 Å². The zero-order valence-electron chi connectivity index (χ0n) is 18.8. The Bertz CT molecular complexity index is 929. The molecule has 4 rings (SSSR count). The van der Waals surface area contributed by atoms with Gasteiger partial charge < -0.3 is 15.0 Å². The van der Waals surface area contributed by atoms with Crippen LogP contribution in [0.5, 0.6) is 5.75 Å². The number of likely N-dealkylation sites (tertiary alicyclic amines) is 1. The van der Waals surface area contributed by atoms with Crippen LogP contribution < -0.4 is 10.1 Å². The van der Waals surface area contributed by atoms with Gasteiger partial charge >= 0.3 is 0 Å². The van der Waals surface area contributed by atoms with E-state index >= 15 is 0 Å². The maximum absolute atomic E-state index is 12.9. The van der Waals surface area contributed by atoms with Gasteiger partial charge in [-0.05, 0) is 67.7 Å². The largest absolute Gasteiger partial charge is 0.494 e. The highest BCUT2D eigenvalue weighted by Gasteiger charge is 2.32. The van der Waals surface area contributed by atoms with Crippen LogP contribution in [0, 0.1) is 5.92 Å². The van der Waals surface area contributed by atoms with Gasteiger partial charge in [-0.1, -0.05) is 38.5 Å². The van der Waals surface area contributed by atoms with E-state index in [0.29, 0.717) is 12.5 Å². The van der Waals surface area contributed by atoms with Crippen molar-refractivity contribution >= 4 is 17.2 Å². The number of nitrogens with zero attached hydrogens (tertiary/aromatic N) is 1. The normalized spacial score (nSPS) is 20.3. The lowest BCUT2D eigenvalue weighted by atomic mass is 9.77. The standard InChI is InChI=1S/C27H34N2O2/c1-4-6-9-23-19(3)24-18-21(27(30)29-16-7-8-17-29)12-15-25(24)28-26(23)20-10-13-22(14-11-20)31-5-2/h10-15,18,23,26,28H,3-9,16-17H2,1-2H3. The summed E-state index contributed by atoms with van der Waals surface area (Å²) in [5, 5.41) is 3.76. The van der Waals surface area contributed by atoms with Crippen molar-refractivity contribution in [2.75, 3.05) is 25.0 Å². The molecular formula is C27H34N2O2. The first kappa shape index (κ1) is 21.5. The monoisotopic (exact) mass is 418 g/mol. The second kappa shape index (κ2) is 9.59. The van der Waals surface area contributed by atoms with E-state index in [0.717, 1.165) is 73.3 Å². The summed E-state index contributed by atoms with van der Waals surface area (Å²) >= 11 is 0. The lowest BCUT2D eigenvalue weighted by Gasteiger charge is -2.37. The fraction of sp³-hybridized carbons (Fsp3) is 0.444. The van der Waals surface area contributed by atoms with Crippen LogP contribution in [0.15, 0.2) is 49.0 Å². The van der Waals surface area contributed by atoms with Gasteiger partial charge in [-0.2, -0.15) is 0 Å². The Morgan fingerprint density at radius 1 is 1.13 bits per heavy atom. The molecule has 0 radical (unpaired) electrons. The summed E-state index contributed by atoms with van der Waals surface area (Å²) in [5.41, 5.74) is 5.31. The number of hydrogen-bond acceptors (Lipinski definition) is 3. The summed E-state index contributed by atoms with van der Waals surface area (Å²) in [6.45, 7) is 11.2. The molecule has 31 heavy (non-hydrogen) atoms. The van der Waals surface area contributed by atoms with E-state index < -0.39 is 0 Å². The fourth-order valence-corrected chi connectivity index (χ4v) is 4.86. The van der Waals surface area contributed by atoms with Crippen molar-refractivity contribution in [3.8, 4) is 5.75 Å². The minimum absolute atomic E-state index is 0.145. The molecule has 1 saturated heterocycles. The molecule has 2 aliphatic heterocycles. The number of carbonyl (C=O) groups excluding carboxylic acids is 1. The average molecular weight is 419 g/mol. The third kappa shape index (κ3) is 4.48. The molecule has 2 heterocycles. The molecule has 4 heteroatoms. The molecule has 0 spiro atoms. The van der Waals surface area contributed by atoms with E-state index in [1.807, 2.05) is 30.0 Å². The number of fused-ring (bicyclic) bond motifs is 1. The van der Waals surface area contributed by atoms with Crippen LogP contribution in [-0.4, -0.2) is 30.5 Å². The van der Waals surface area contributed by atoms with Crippen LogP contribution in [-0.2, 0) is 0 Å². The Morgan fingerprint density at radius 3 is 2.55 bits per heavy atom. The van der Waals surface area contributed by atoms with Crippen LogP contribution in [0.4, 0.5) is 5.69 Å². The SMILES string of the molecule is C=C1c2cc(C(=O)N3CCCC3)ccc2NC(c2ccc(OCC)cc2)C1CCCC. The first-order valence-electron chi connectivity index (χ1n) is 11.7. The number of rotatable bonds is 7. The number of anilines is 1. The molecule has 1 amide bonds. The minimum atomic E-state index is 0.145. The van der Waals surface area contributed by atoms with Crippen molar-refractivity contribution in [3.05, 3.63) is 65.7 Å². The summed E-state index contributed by atoms with van der Waals surface area (Å²) in [7, 11) is 0. The summed E-state index contributed by atoms with van der Waals surface area (Å²) in [6.07, 6.45) is 5.59. The third-order valence-corrected chi connectivity index (χ3v) is 6.59. The van der Waals surface area contributed by atoms with Crippen molar-refractivity contribution in [1.82, 2.24) is 4.90 Å². The van der Waals surface area contributed by atoms with E-state index in [4.69, 9.17) is 4.74 Å². The second-order valence-electron chi connectivity index (χ2n) is 8.66. The number of carbonyl (C=O) groups is 1. The van der Waals surface area contributed by atoms with Gasteiger partial charge in [0.05, 0.1) is 12.6 Å². The lowest BCUT2D eigenvalue weighted by Crippen LogP contribution is -2.29. The first-order chi connectivity index (χ1) is 15.1. The number of unbranched alkanes of at least 4 members (excludes halogenated alkanes) is 1. The molecule has 0 aromatic heterocycles. The van der Waals surface area contributed by atoms with Gasteiger partial charge in [-0.25, -0.2) is 0 Å². The van der Waals surface area contributed by atoms with Crippen LogP contribution >= 0.6 is 0 Å². The summed E-state index contributed by atoms with van der Waals surface area (Å²) in [6, 6.07) is 14.7. The van der Waals surface area contributed by atoms with Crippen molar-refractivity contribution < 1.29 is 9.53 Å². The molecule has 2 atom stereocenters. The van der Waals surface area contributed by atoms with E-state index in [1.165, 1.54) is 5.56 Å². The molecular weight excluding hydrogens is 384 g/mol. The highest BCUT2D eigenvalue weighted by molar-refractivity contribution is 5.97. The molecule has 0 bridgehead atoms. The Kier molecular flexibility index (Phi) is 6.64. The Hall–Kier alpha value is -2.75. The molecule has 1 N–H and O–H groups in total. The van der Waals surface area contributed by atoms with Gasteiger partial charge in [0.2, 0.25) is 0 Å². The van der Waals surface area contributed by atoms with Crippen molar-refractivity contribution in [2.45, 2.75) is 52.0 Å². The molecule has 4 nitrogen and oxygen atoms in total. The van der Waals surface area contributed by atoms with E-state index in [1.54, 1.807) is 0 Å². The summed E-state index contributed by atoms with van der Waals surface area (Å²) < 4.78 is 5.62. The molecule has 0 aliphatic carbocycles. The van der Waals surface area contributed by atoms with E-state index in [9.17, 15) is 4.79 Å². The lowest BCUT2D eigenvalue weighted by molar-refractivity contribution is 0.0793. The molecule has 164 valence electrons. The van der Waals surface area contributed by atoms with Gasteiger partial charge in [0.15, 0.2) is 0 Å². The Balaban J connectivity index is 1.64. The average Bonchev–Trinajstić information content (AvgIpc) is 3.33. The predicted octanol–water partition coefficient (Wildman–Crippen LogP) is 6.31. The maximum atomic E-state index is 12.9. The van der Waals surface area contributed by atoms with Gasteiger partial charge in [0.1, 0.15) is 5.75 Å². The molecule has 2 unspecified atom stereocenters. The number of ether oxygens (including phenoxy) is 1. The molecule has 0 saturated carbocycles. The zero-order chi connectivity index (χ0) is 21.8. The topological polar surface area (TPSA) is 41.6 Å². The fourth-order valence-electron chi connectivity index (χ4n) is 4.86. The Morgan fingerprint density at radius 2 is 1.87 bits per heavy atom. The zero-order valence-corrected chi connectivity index (χ0v) is 18.8. The quantitative estimate of drug-likeness (QED) is 0.573. The second-order valence-corrected chi connectivity index (χ2v) is 8.66. The molecule has 1 fully saturated rings. The van der Waals surface area contributed by atoms with Crippen LogP contribution in [0.25, 0.3) is 5.57 Å². The van der Waals surface area contributed by atoms with Crippen molar-refractivity contribution in [3.63, 3.8) is 0 Å².